The Morgan fingerprint density at radius 2 is 1.87 bits per heavy atom. The quantitative estimate of drug-likeness (QED) is 0.440. The Morgan fingerprint density at radius 1 is 1.13 bits per heavy atom. The number of hydrogen-bond donors (Lipinski definition) is 3. The van der Waals surface area contributed by atoms with Gasteiger partial charge in [-0.15, -0.1) is 0 Å². The van der Waals surface area contributed by atoms with E-state index in [1.807, 2.05) is 30.5 Å². The lowest BCUT2D eigenvalue weighted by Crippen LogP contribution is -2.32. The molecule has 0 spiro atoms. The number of hydrogen-bond acceptors (Lipinski definition) is 4. The number of para-hydroxylation sites is 1. The molecule has 2 aromatic carbocycles. The predicted octanol–water partition coefficient (Wildman–Crippen LogP) is 2.96. The summed E-state index contributed by atoms with van der Waals surface area (Å²) in [5, 5.41) is 0.949. The lowest BCUT2D eigenvalue weighted by Gasteiger charge is -2.18. The van der Waals surface area contributed by atoms with Crippen LogP contribution in [0.15, 0.2) is 70.5 Å². The molecule has 0 aliphatic carbocycles. The van der Waals surface area contributed by atoms with Crippen molar-refractivity contribution in [1.29, 1.82) is 0 Å². The second-order valence-corrected chi connectivity index (χ2v) is 8.66. The summed E-state index contributed by atoms with van der Waals surface area (Å²) >= 11 is 0. The number of rotatable bonds is 6. The Hall–Kier alpha value is -3.30. The average Bonchev–Trinajstić information content (AvgIpc) is 3.10. The zero-order valence-electron chi connectivity index (χ0n) is 16.0. The van der Waals surface area contributed by atoms with Crippen LogP contribution in [0.25, 0.3) is 10.9 Å². The van der Waals surface area contributed by atoms with E-state index in [0.717, 1.165) is 28.6 Å². The highest BCUT2D eigenvalue weighted by Crippen LogP contribution is 2.25. The third-order valence-corrected chi connectivity index (χ3v) is 6.24. The zero-order valence-corrected chi connectivity index (χ0v) is 16.8. The number of sulfonamides is 1. The summed E-state index contributed by atoms with van der Waals surface area (Å²) in [5.41, 5.74) is 1.72. The Labute approximate surface area is 172 Å². The minimum absolute atomic E-state index is 0.0746. The van der Waals surface area contributed by atoms with Crippen LogP contribution < -0.4 is 10.3 Å². The first-order valence-corrected chi connectivity index (χ1v) is 10.7. The van der Waals surface area contributed by atoms with Crippen molar-refractivity contribution >= 4 is 20.9 Å². The molecule has 30 heavy (non-hydrogen) atoms. The monoisotopic (exact) mass is 426 g/mol. The van der Waals surface area contributed by atoms with Gasteiger partial charge in [-0.3, -0.25) is 4.79 Å². The van der Waals surface area contributed by atoms with E-state index in [-0.39, 0.29) is 16.9 Å². The molecule has 154 valence electrons. The number of nitrogens with zero attached hydrogens (tertiary/aromatic N) is 1. The molecule has 1 unspecified atom stereocenters. The second-order valence-electron chi connectivity index (χ2n) is 6.95. The number of aryl methyl sites for hydroxylation is 1. The number of benzene rings is 2. The van der Waals surface area contributed by atoms with Crippen molar-refractivity contribution in [2.24, 2.45) is 0 Å². The van der Waals surface area contributed by atoms with E-state index in [9.17, 15) is 17.6 Å². The molecule has 1 atom stereocenters. The van der Waals surface area contributed by atoms with Crippen LogP contribution in [-0.4, -0.2) is 23.4 Å². The normalized spacial score (nSPS) is 12.9. The Kier molecular flexibility index (Phi) is 5.23. The maximum absolute atomic E-state index is 13.2. The summed E-state index contributed by atoms with van der Waals surface area (Å²) in [7, 11) is -3.99. The van der Waals surface area contributed by atoms with E-state index in [1.54, 1.807) is 6.92 Å². The van der Waals surface area contributed by atoms with Crippen LogP contribution >= 0.6 is 0 Å². The minimum atomic E-state index is -3.99. The topological polar surface area (TPSA) is 108 Å². The van der Waals surface area contributed by atoms with Gasteiger partial charge in [0.25, 0.3) is 5.56 Å². The van der Waals surface area contributed by atoms with Gasteiger partial charge in [-0.05, 0) is 49.2 Å². The van der Waals surface area contributed by atoms with Crippen LogP contribution in [0.3, 0.4) is 0 Å². The molecular weight excluding hydrogens is 407 g/mol. The maximum Gasteiger partial charge on any atom is 0.251 e. The van der Waals surface area contributed by atoms with Gasteiger partial charge in [0.1, 0.15) is 11.6 Å². The van der Waals surface area contributed by atoms with Crippen molar-refractivity contribution < 1.29 is 12.8 Å². The molecule has 0 aliphatic heterocycles. The molecule has 7 nitrogen and oxygen atoms in total. The smallest absolute Gasteiger partial charge is 0.251 e. The van der Waals surface area contributed by atoms with E-state index in [4.69, 9.17) is 0 Å². The molecule has 4 aromatic rings. The van der Waals surface area contributed by atoms with Gasteiger partial charge in [-0.2, -0.15) is 0 Å². The van der Waals surface area contributed by atoms with E-state index in [0.29, 0.717) is 11.5 Å². The minimum Gasteiger partial charge on any atom is -0.361 e. The fraction of sp³-hybridized carbons (Fsp3) is 0.143. The number of nitrogens with one attached hydrogen (secondary N) is 3. The molecule has 2 aromatic heterocycles. The molecule has 0 saturated carbocycles. The third-order valence-electron chi connectivity index (χ3n) is 4.76. The van der Waals surface area contributed by atoms with Gasteiger partial charge in [0.2, 0.25) is 10.0 Å². The average molecular weight is 426 g/mol. The van der Waals surface area contributed by atoms with E-state index >= 15 is 0 Å². The summed E-state index contributed by atoms with van der Waals surface area (Å²) in [6.07, 6.45) is 2.07. The Morgan fingerprint density at radius 3 is 2.60 bits per heavy atom. The first kappa shape index (κ1) is 20.0. The molecular formula is C21H19FN4O3S. The number of aromatic amines is 2. The summed E-state index contributed by atoms with van der Waals surface area (Å²) in [5.74, 6) is -0.154. The molecule has 0 aliphatic rings. The van der Waals surface area contributed by atoms with Crippen LogP contribution in [0.2, 0.25) is 0 Å². The highest BCUT2D eigenvalue weighted by molar-refractivity contribution is 7.89. The maximum atomic E-state index is 13.2. The SMILES string of the molecule is Cc1nc(C(Cc2c[nH]c3ccccc23)NS(=O)(=O)c2ccc(F)cc2)cc(=O)[nH]1. The van der Waals surface area contributed by atoms with Gasteiger partial charge in [-0.1, -0.05) is 18.2 Å². The Bertz CT molecular complexity index is 1360. The van der Waals surface area contributed by atoms with Gasteiger partial charge in [0, 0.05) is 23.2 Å². The number of aromatic nitrogens is 3. The van der Waals surface area contributed by atoms with Crippen molar-refractivity contribution in [2.45, 2.75) is 24.3 Å². The van der Waals surface area contributed by atoms with Gasteiger partial charge in [0.15, 0.2) is 0 Å². The fourth-order valence-corrected chi connectivity index (χ4v) is 4.59. The molecule has 0 bridgehead atoms. The Balaban J connectivity index is 1.75. The van der Waals surface area contributed by atoms with Crippen LogP contribution in [0.1, 0.15) is 23.1 Å². The van der Waals surface area contributed by atoms with E-state index in [1.165, 1.54) is 18.2 Å². The molecule has 4 rings (SSSR count). The summed E-state index contributed by atoms with van der Waals surface area (Å²) in [4.78, 5) is 22.0. The van der Waals surface area contributed by atoms with Crippen LogP contribution in [-0.2, 0) is 16.4 Å². The van der Waals surface area contributed by atoms with Gasteiger partial charge in [-0.25, -0.2) is 22.5 Å². The van der Waals surface area contributed by atoms with E-state index in [2.05, 4.69) is 19.7 Å². The first-order valence-electron chi connectivity index (χ1n) is 9.22. The molecule has 2 heterocycles. The molecule has 0 fully saturated rings. The predicted molar refractivity (Wildman–Crippen MR) is 111 cm³/mol. The number of H-pyrrole nitrogens is 2. The molecule has 9 heteroatoms. The lowest BCUT2D eigenvalue weighted by atomic mass is 10.0. The molecule has 3 N–H and O–H groups in total. The highest BCUT2D eigenvalue weighted by Gasteiger charge is 2.24. The lowest BCUT2D eigenvalue weighted by molar-refractivity contribution is 0.548. The standard InChI is InChI=1S/C21H19FN4O3S/c1-13-24-19(11-21(27)25-13)20(10-14-12-23-18-5-3-2-4-17(14)18)26-30(28,29)16-8-6-15(22)7-9-16/h2-9,11-12,20,23,26H,10H2,1H3,(H,24,25,27). The number of halogens is 1. The van der Waals surface area contributed by atoms with E-state index < -0.39 is 21.9 Å². The summed E-state index contributed by atoms with van der Waals surface area (Å²) in [6, 6.07) is 12.7. The second kappa shape index (κ2) is 7.85. The van der Waals surface area contributed by atoms with Crippen molar-refractivity contribution in [1.82, 2.24) is 19.7 Å². The van der Waals surface area contributed by atoms with Gasteiger partial charge >= 0.3 is 0 Å². The van der Waals surface area contributed by atoms with Crippen molar-refractivity contribution in [2.75, 3.05) is 0 Å². The fourth-order valence-electron chi connectivity index (χ4n) is 3.38. The molecule has 0 amide bonds. The van der Waals surface area contributed by atoms with Gasteiger partial charge < -0.3 is 9.97 Å². The van der Waals surface area contributed by atoms with Crippen molar-refractivity contribution in [3.63, 3.8) is 0 Å². The summed E-state index contributed by atoms with van der Waals surface area (Å²) in [6.45, 7) is 1.63. The van der Waals surface area contributed by atoms with Crippen LogP contribution in [0.4, 0.5) is 4.39 Å². The van der Waals surface area contributed by atoms with Crippen molar-refractivity contribution in [3.8, 4) is 0 Å². The highest BCUT2D eigenvalue weighted by atomic mass is 32.2. The first-order chi connectivity index (χ1) is 14.3. The zero-order chi connectivity index (χ0) is 21.3. The van der Waals surface area contributed by atoms with Crippen molar-refractivity contribution in [3.05, 3.63) is 94.0 Å². The third kappa shape index (κ3) is 4.17. The largest absolute Gasteiger partial charge is 0.361 e. The molecule has 0 saturated heterocycles. The van der Waals surface area contributed by atoms with Crippen LogP contribution in [0.5, 0.6) is 0 Å². The summed E-state index contributed by atoms with van der Waals surface area (Å²) < 4.78 is 41.7. The van der Waals surface area contributed by atoms with Gasteiger partial charge in [0.05, 0.1) is 16.6 Å². The van der Waals surface area contributed by atoms with Crippen LogP contribution in [0, 0.1) is 12.7 Å². The molecule has 0 radical (unpaired) electrons. The number of fused-ring (bicyclic) bond motifs is 1.